The lowest BCUT2D eigenvalue weighted by atomic mass is 9.81. The van der Waals surface area contributed by atoms with Crippen molar-refractivity contribution in [3.63, 3.8) is 0 Å². The smallest absolute Gasteiger partial charge is 0.324 e. The molecule has 0 saturated heterocycles. The van der Waals surface area contributed by atoms with Gasteiger partial charge in [0.15, 0.2) is 5.41 Å². The van der Waals surface area contributed by atoms with Crippen molar-refractivity contribution in [1.29, 1.82) is 0 Å². The van der Waals surface area contributed by atoms with Crippen LogP contribution < -0.4 is 0 Å². The first-order chi connectivity index (χ1) is 12.4. The Morgan fingerprint density at radius 3 is 2.08 bits per heavy atom. The average molecular weight is 363 g/mol. The summed E-state index contributed by atoms with van der Waals surface area (Å²) >= 11 is 0. The van der Waals surface area contributed by atoms with E-state index in [0.717, 1.165) is 50.5 Å². The summed E-state index contributed by atoms with van der Waals surface area (Å²) in [5.41, 5.74) is 3.37. The van der Waals surface area contributed by atoms with Gasteiger partial charge in [0, 0.05) is 5.41 Å². The predicted octanol–water partition coefficient (Wildman–Crippen LogP) is 5.14. The highest BCUT2D eigenvalue weighted by atomic mass is 16.5. The average Bonchev–Trinajstić information content (AvgIpc) is 3.36. The number of unbranched alkanes of at least 4 members (excludes halogenated alkanes) is 3. The highest BCUT2D eigenvalue weighted by Gasteiger charge is 2.78. The summed E-state index contributed by atoms with van der Waals surface area (Å²) in [5, 5.41) is 0. The number of rotatable bonds is 11. The SMILES string of the molecule is C=C(C=C=C(CC)CC)C1(CCCCCC)CC1(C(=O)OC)C(=O)OC. The first-order valence-corrected chi connectivity index (χ1v) is 9.70. The number of ether oxygens (including phenoxy) is 2. The maximum atomic E-state index is 12.6. The number of carbonyl (C=O) groups is 2. The third-order valence-electron chi connectivity index (χ3n) is 5.70. The third kappa shape index (κ3) is 4.12. The monoisotopic (exact) mass is 362 g/mol. The fraction of sp³-hybridized carbons (Fsp3) is 0.682. The highest BCUT2D eigenvalue weighted by Crippen LogP contribution is 2.71. The minimum Gasteiger partial charge on any atom is -0.468 e. The number of methoxy groups -OCH3 is 2. The molecule has 0 aromatic carbocycles. The van der Waals surface area contributed by atoms with Gasteiger partial charge in [-0.1, -0.05) is 53.0 Å². The minimum atomic E-state index is -1.27. The molecule has 0 aliphatic heterocycles. The Balaban J connectivity index is 3.24. The summed E-state index contributed by atoms with van der Waals surface area (Å²) < 4.78 is 9.96. The topological polar surface area (TPSA) is 52.6 Å². The molecule has 1 aliphatic carbocycles. The van der Waals surface area contributed by atoms with Crippen LogP contribution in [0.1, 0.15) is 72.1 Å². The molecule has 0 heterocycles. The number of hydrogen-bond acceptors (Lipinski definition) is 4. The molecule has 1 saturated carbocycles. The lowest BCUT2D eigenvalue weighted by Gasteiger charge is -2.23. The first-order valence-electron chi connectivity index (χ1n) is 9.70. The maximum absolute atomic E-state index is 12.6. The molecule has 26 heavy (non-hydrogen) atoms. The molecule has 0 amide bonds. The zero-order valence-corrected chi connectivity index (χ0v) is 17.1. The fourth-order valence-corrected chi connectivity index (χ4v) is 3.86. The minimum absolute atomic E-state index is 0.399. The lowest BCUT2D eigenvalue weighted by molar-refractivity contribution is -0.163. The van der Waals surface area contributed by atoms with E-state index in [1.165, 1.54) is 19.8 Å². The van der Waals surface area contributed by atoms with Crippen molar-refractivity contribution in [2.75, 3.05) is 14.2 Å². The normalized spacial score (nSPS) is 19.9. The quantitative estimate of drug-likeness (QED) is 0.168. The second-order valence-corrected chi connectivity index (χ2v) is 7.08. The van der Waals surface area contributed by atoms with E-state index in [4.69, 9.17) is 9.47 Å². The van der Waals surface area contributed by atoms with Crippen molar-refractivity contribution in [2.45, 2.75) is 72.1 Å². The molecule has 0 aromatic heterocycles. The van der Waals surface area contributed by atoms with Crippen LogP contribution in [0.3, 0.4) is 0 Å². The Kier molecular flexibility index (Phi) is 8.36. The van der Waals surface area contributed by atoms with Gasteiger partial charge in [-0.05, 0) is 42.9 Å². The molecule has 1 atom stereocenters. The van der Waals surface area contributed by atoms with Gasteiger partial charge in [0.2, 0.25) is 0 Å². The Morgan fingerprint density at radius 2 is 1.62 bits per heavy atom. The third-order valence-corrected chi connectivity index (χ3v) is 5.70. The van der Waals surface area contributed by atoms with Crippen LogP contribution in [-0.4, -0.2) is 26.2 Å². The molecule has 0 radical (unpaired) electrons. The van der Waals surface area contributed by atoms with E-state index < -0.39 is 22.8 Å². The van der Waals surface area contributed by atoms with Gasteiger partial charge in [-0.2, -0.15) is 0 Å². The van der Waals surface area contributed by atoms with Gasteiger partial charge in [0.05, 0.1) is 14.2 Å². The molecule has 1 unspecified atom stereocenters. The molecule has 1 rings (SSSR count). The fourth-order valence-electron chi connectivity index (χ4n) is 3.86. The van der Waals surface area contributed by atoms with Gasteiger partial charge in [-0.3, -0.25) is 9.59 Å². The van der Waals surface area contributed by atoms with Gasteiger partial charge in [0.1, 0.15) is 0 Å². The van der Waals surface area contributed by atoms with E-state index in [1.54, 1.807) is 0 Å². The Morgan fingerprint density at radius 1 is 1.04 bits per heavy atom. The molecule has 0 aromatic rings. The van der Waals surface area contributed by atoms with Crippen LogP contribution in [0.2, 0.25) is 0 Å². The summed E-state index contributed by atoms with van der Waals surface area (Å²) in [6.45, 7) is 10.5. The standard InChI is InChI=1S/C22H34O4/c1-7-10-11-12-15-21(17(4)13-14-18(8-2)9-3)16-22(21,19(23)25-5)20(24)26-6/h13H,4,7-12,15-16H2,1-3,5-6H3. The van der Waals surface area contributed by atoms with Crippen molar-refractivity contribution in [1.82, 2.24) is 0 Å². The first kappa shape index (κ1) is 22.2. The summed E-state index contributed by atoms with van der Waals surface area (Å²) in [4.78, 5) is 25.1. The van der Waals surface area contributed by atoms with Crippen molar-refractivity contribution in [3.05, 3.63) is 29.5 Å². The van der Waals surface area contributed by atoms with Gasteiger partial charge in [0.25, 0.3) is 0 Å². The van der Waals surface area contributed by atoms with E-state index in [9.17, 15) is 9.59 Å². The zero-order chi connectivity index (χ0) is 19.8. The Bertz CT molecular complexity index is 573. The van der Waals surface area contributed by atoms with Crippen LogP contribution in [-0.2, 0) is 19.1 Å². The van der Waals surface area contributed by atoms with Crippen LogP contribution in [0.15, 0.2) is 29.5 Å². The number of carbonyl (C=O) groups excluding carboxylic acids is 2. The summed E-state index contributed by atoms with van der Waals surface area (Å²) in [6, 6.07) is 0. The summed E-state index contributed by atoms with van der Waals surface area (Å²) in [6.07, 6.45) is 9.09. The summed E-state index contributed by atoms with van der Waals surface area (Å²) in [5.74, 6) is -1.05. The second kappa shape index (κ2) is 9.78. The molecule has 0 bridgehead atoms. The van der Waals surface area contributed by atoms with Crippen LogP contribution in [0.5, 0.6) is 0 Å². The van der Waals surface area contributed by atoms with Crippen LogP contribution >= 0.6 is 0 Å². The lowest BCUT2D eigenvalue weighted by Crippen LogP contribution is -2.35. The Hall–Kier alpha value is -1.80. The molecular weight excluding hydrogens is 328 g/mol. The van der Waals surface area contributed by atoms with E-state index in [2.05, 4.69) is 33.1 Å². The molecule has 0 N–H and O–H groups in total. The van der Waals surface area contributed by atoms with E-state index >= 15 is 0 Å². The van der Waals surface area contributed by atoms with Crippen LogP contribution in [0.25, 0.3) is 0 Å². The zero-order valence-electron chi connectivity index (χ0n) is 17.1. The molecule has 0 spiro atoms. The number of hydrogen-bond donors (Lipinski definition) is 0. The van der Waals surface area contributed by atoms with Crippen molar-refractivity contribution in [3.8, 4) is 0 Å². The molecule has 1 aliphatic rings. The highest BCUT2D eigenvalue weighted by molar-refractivity contribution is 6.06. The Labute approximate surface area is 158 Å². The van der Waals surface area contributed by atoms with E-state index in [-0.39, 0.29) is 0 Å². The van der Waals surface area contributed by atoms with E-state index in [0.29, 0.717) is 6.42 Å². The van der Waals surface area contributed by atoms with Crippen molar-refractivity contribution >= 4 is 11.9 Å². The van der Waals surface area contributed by atoms with Gasteiger partial charge in [-0.25, -0.2) is 0 Å². The van der Waals surface area contributed by atoms with Crippen LogP contribution in [0, 0.1) is 10.8 Å². The molecule has 1 fully saturated rings. The second-order valence-electron chi connectivity index (χ2n) is 7.08. The molecule has 4 heteroatoms. The van der Waals surface area contributed by atoms with Gasteiger partial charge < -0.3 is 9.47 Å². The van der Waals surface area contributed by atoms with Crippen LogP contribution in [0.4, 0.5) is 0 Å². The maximum Gasteiger partial charge on any atom is 0.324 e. The molecule has 4 nitrogen and oxygen atoms in total. The van der Waals surface area contributed by atoms with E-state index in [1.807, 2.05) is 6.08 Å². The largest absolute Gasteiger partial charge is 0.468 e. The summed E-state index contributed by atoms with van der Waals surface area (Å²) in [7, 11) is 2.63. The predicted molar refractivity (Wildman–Crippen MR) is 104 cm³/mol. The van der Waals surface area contributed by atoms with Crippen molar-refractivity contribution in [2.24, 2.45) is 10.8 Å². The number of allylic oxidation sites excluding steroid dienone is 2. The molecule has 146 valence electrons. The molecular formula is C22H34O4. The van der Waals surface area contributed by atoms with Crippen molar-refractivity contribution < 1.29 is 19.1 Å². The number of esters is 2. The van der Waals surface area contributed by atoms with Gasteiger partial charge >= 0.3 is 11.9 Å². The van der Waals surface area contributed by atoms with Gasteiger partial charge in [-0.15, -0.1) is 5.73 Å².